The van der Waals surface area contributed by atoms with Crippen molar-refractivity contribution in [1.82, 2.24) is 5.32 Å². The van der Waals surface area contributed by atoms with Crippen LogP contribution in [0.1, 0.15) is 54.0 Å². The van der Waals surface area contributed by atoms with Gasteiger partial charge in [0.2, 0.25) is 0 Å². The summed E-state index contributed by atoms with van der Waals surface area (Å²) in [5.41, 5.74) is -0.00390. The fourth-order valence-electron chi connectivity index (χ4n) is 2.50. The number of rotatable bonds is 3. The van der Waals surface area contributed by atoms with Crippen molar-refractivity contribution >= 4 is 11.9 Å². The quantitative estimate of drug-likeness (QED) is 0.880. The Labute approximate surface area is 112 Å². The highest BCUT2D eigenvalue weighted by molar-refractivity contribution is 5.95. The van der Waals surface area contributed by atoms with Crippen molar-refractivity contribution in [3.8, 4) is 0 Å². The van der Waals surface area contributed by atoms with Gasteiger partial charge in [-0.1, -0.05) is 13.8 Å². The van der Waals surface area contributed by atoms with Gasteiger partial charge in [-0.05, 0) is 31.1 Å². The maximum Gasteiger partial charge on any atom is 0.338 e. The van der Waals surface area contributed by atoms with Crippen molar-refractivity contribution in [3.05, 3.63) is 23.7 Å². The Morgan fingerprint density at radius 1 is 1.32 bits per heavy atom. The Bertz CT molecular complexity index is 480. The third-order valence-electron chi connectivity index (χ3n) is 4.00. The molecule has 0 aromatic carbocycles. The zero-order valence-electron chi connectivity index (χ0n) is 11.2. The predicted molar refractivity (Wildman–Crippen MR) is 69.1 cm³/mol. The van der Waals surface area contributed by atoms with Crippen LogP contribution in [0.25, 0.3) is 0 Å². The molecule has 104 valence electrons. The monoisotopic (exact) mass is 265 g/mol. The van der Waals surface area contributed by atoms with Crippen LogP contribution in [0.5, 0.6) is 0 Å². The van der Waals surface area contributed by atoms with E-state index in [0.29, 0.717) is 11.8 Å². The first-order chi connectivity index (χ1) is 8.97. The van der Waals surface area contributed by atoms with E-state index in [1.54, 1.807) is 0 Å². The van der Waals surface area contributed by atoms with E-state index < -0.39 is 5.97 Å². The summed E-state index contributed by atoms with van der Waals surface area (Å²) in [6.07, 6.45) is 4.11. The highest BCUT2D eigenvalue weighted by atomic mass is 16.4. The molecule has 3 atom stereocenters. The van der Waals surface area contributed by atoms with Crippen molar-refractivity contribution in [1.29, 1.82) is 0 Å². The summed E-state index contributed by atoms with van der Waals surface area (Å²) < 4.78 is 4.98. The summed E-state index contributed by atoms with van der Waals surface area (Å²) in [6.45, 7) is 4.42. The van der Waals surface area contributed by atoms with E-state index in [1.807, 2.05) is 0 Å². The number of carboxylic acid groups (broad SMARTS) is 1. The third kappa shape index (κ3) is 3.16. The van der Waals surface area contributed by atoms with Crippen LogP contribution >= 0.6 is 0 Å². The SMILES string of the molecule is CC1CCC(NC(=O)c2cc(C(=O)O)co2)CC1C. The Kier molecular flexibility index (Phi) is 3.93. The Morgan fingerprint density at radius 3 is 2.63 bits per heavy atom. The highest BCUT2D eigenvalue weighted by Gasteiger charge is 2.26. The minimum absolute atomic E-state index is 0.00390. The van der Waals surface area contributed by atoms with E-state index in [0.717, 1.165) is 25.5 Å². The number of nitrogens with one attached hydrogen (secondary N) is 1. The zero-order chi connectivity index (χ0) is 14.0. The first-order valence-corrected chi connectivity index (χ1v) is 6.60. The largest absolute Gasteiger partial charge is 0.478 e. The van der Waals surface area contributed by atoms with Crippen LogP contribution in [0.3, 0.4) is 0 Å². The molecule has 5 nitrogen and oxygen atoms in total. The average molecular weight is 265 g/mol. The molecule has 2 rings (SSSR count). The van der Waals surface area contributed by atoms with Gasteiger partial charge in [-0.25, -0.2) is 4.79 Å². The van der Waals surface area contributed by atoms with Gasteiger partial charge in [0.1, 0.15) is 6.26 Å². The van der Waals surface area contributed by atoms with Gasteiger partial charge in [0.15, 0.2) is 5.76 Å². The lowest BCUT2D eigenvalue weighted by Crippen LogP contribution is -2.39. The topological polar surface area (TPSA) is 79.5 Å². The molecule has 0 spiro atoms. The highest BCUT2D eigenvalue weighted by Crippen LogP contribution is 2.29. The minimum Gasteiger partial charge on any atom is -0.478 e. The zero-order valence-corrected chi connectivity index (χ0v) is 11.2. The number of amides is 1. The van der Waals surface area contributed by atoms with Crippen molar-refractivity contribution < 1.29 is 19.1 Å². The summed E-state index contributed by atoms with van der Waals surface area (Å²) in [4.78, 5) is 22.7. The van der Waals surface area contributed by atoms with E-state index in [9.17, 15) is 9.59 Å². The van der Waals surface area contributed by atoms with Gasteiger partial charge in [0.25, 0.3) is 5.91 Å². The molecule has 1 aliphatic rings. The first-order valence-electron chi connectivity index (χ1n) is 6.60. The lowest BCUT2D eigenvalue weighted by atomic mass is 9.79. The molecular formula is C14H19NO4. The average Bonchev–Trinajstić information content (AvgIpc) is 2.83. The van der Waals surface area contributed by atoms with Crippen molar-refractivity contribution in [2.75, 3.05) is 0 Å². The smallest absolute Gasteiger partial charge is 0.338 e. The molecule has 1 amide bonds. The number of carbonyl (C=O) groups is 2. The molecule has 0 radical (unpaired) electrons. The van der Waals surface area contributed by atoms with Crippen LogP contribution in [0.4, 0.5) is 0 Å². The van der Waals surface area contributed by atoms with E-state index in [4.69, 9.17) is 9.52 Å². The number of hydrogen-bond donors (Lipinski definition) is 2. The maximum absolute atomic E-state index is 11.9. The normalized spacial score (nSPS) is 26.9. The second-order valence-corrected chi connectivity index (χ2v) is 5.44. The van der Waals surface area contributed by atoms with Crippen LogP contribution in [0.2, 0.25) is 0 Å². The molecule has 1 saturated carbocycles. The van der Waals surface area contributed by atoms with Crippen LogP contribution in [-0.2, 0) is 0 Å². The van der Waals surface area contributed by atoms with Crippen molar-refractivity contribution in [3.63, 3.8) is 0 Å². The van der Waals surface area contributed by atoms with Gasteiger partial charge in [-0.15, -0.1) is 0 Å². The van der Waals surface area contributed by atoms with E-state index in [1.165, 1.54) is 6.07 Å². The molecule has 1 aromatic heterocycles. The molecule has 1 aromatic rings. The van der Waals surface area contributed by atoms with Gasteiger partial charge >= 0.3 is 5.97 Å². The third-order valence-corrected chi connectivity index (χ3v) is 4.00. The molecule has 5 heteroatoms. The van der Waals surface area contributed by atoms with Crippen molar-refractivity contribution in [2.24, 2.45) is 11.8 Å². The Balaban J connectivity index is 1.95. The predicted octanol–water partition coefficient (Wildman–Crippen LogP) is 2.53. The first kappa shape index (κ1) is 13.6. The molecule has 1 heterocycles. The number of aromatic carboxylic acids is 1. The number of carboxylic acids is 1. The van der Waals surface area contributed by atoms with Crippen molar-refractivity contribution in [2.45, 2.75) is 39.2 Å². The summed E-state index contributed by atoms with van der Waals surface area (Å²) in [5.74, 6) is -0.0912. The van der Waals surface area contributed by atoms with Gasteiger partial charge in [0, 0.05) is 12.1 Å². The van der Waals surface area contributed by atoms with Gasteiger partial charge < -0.3 is 14.8 Å². The van der Waals surface area contributed by atoms with E-state index in [2.05, 4.69) is 19.2 Å². The fourth-order valence-corrected chi connectivity index (χ4v) is 2.50. The number of hydrogen-bond acceptors (Lipinski definition) is 3. The van der Waals surface area contributed by atoms with Gasteiger partial charge in [-0.2, -0.15) is 0 Å². The molecule has 1 fully saturated rings. The van der Waals surface area contributed by atoms with E-state index in [-0.39, 0.29) is 23.3 Å². The van der Waals surface area contributed by atoms with E-state index >= 15 is 0 Å². The Hall–Kier alpha value is -1.78. The lowest BCUT2D eigenvalue weighted by molar-refractivity contribution is 0.0695. The molecular weight excluding hydrogens is 246 g/mol. The molecule has 19 heavy (non-hydrogen) atoms. The second-order valence-electron chi connectivity index (χ2n) is 5.44. The van der Waals surface area contributed by atoms with Crippen LogP contribution < -0.4 is 5.32 Å². The van der Waals surface area contributed by atoms with Crippen LogP contribution in [-0.4, -0.2) is 23.0 Å². The minimum atomic E-state index is -1.09. The standard InChI is InChI=1S/C14H19NO4/c1-8-3-4-11(5-9(8)2)15-13(16)12-6-10(7-19-12)14(17)18/h6-9,11H,3-5H2,1-2H3,(H,15,16)(H,17,18). The number of carbonyl (C=O) groups excluding carboxylic acids is 1. The summed E-state index contributed by atoms with van der Waals surface area (Å²) in [5, 5.41) is 11.7. The van der Waals surface area contributed by atoms with Gasteiger partial charge in [0.05, 0.1) is 5.56 Å². The fraction of sp³-hybridized carbons (Fsp3) is 0.571. The second kappa shape index (κ2) is 5.47. The van der Waals surface area contributed by atoms with Crippen LogP contribution in [0.15, 0.2) is 16.7 Å². The summed E-state index contributed by atoms with van der Waals surface area (Å²) in [6, 6.07) is 1.41. The molecule has 1 aliphatic carbocycles. The molecule has 3 unspecified atom stereocenters. The molecule has 0 bridgehead atoms. The lowest BCUT2D eigenvalue weighted by Gasteiger charge is -2.32. The molecule has 0 aliphatic heterocycles. The maximum atomic E-state index is 11.9. The molecule has 2 N–H and O–H groups in total. The van der Waals surface area contributed by atoms with Gasteiger partial charge in [-0.3, -0.25) is 4.79 Å². The summed E-state index contributed by atoms with van der Waals surface area (Å²) >= 11 is 0. The molecule has 0 saturated heterocycles. The summed E-state index contributed by atoms with van der Waals surface area (Å²) in [7, 11) is 0. The van der Waals surface area contributed by atoms with Crippen LogP contribution in [0, 0.1) is 11.8 Å². The number of furan rings is 1. The Morgan fingerprint density at radius 2 is 2.05 bits per heavy atom.